The summed E-state index contributed by atoms with van der Waals surface area (Å²) in [6.45, 7) is 2.68. The molecular formula is C14H17BrFN3O. The number of piperidine rings is 1. The first kappa shape index (κ1) is 13.9. The van der Waals surface area contributed by atoms with E-state index >= 15 is 0 Å². The maximum atomic E-state index is 13.8. The van der Waals surface area contributed by atoms with Gasteiger partial charge in [0.25, 0.3) is 5.91 Å². The average molecular weight is 342 g/mol. The van der Waals surface area contributed by atoms with Crippen LogP contribution in [0.1, 0.15) is 23.2 Å². The molecule has 3 heterocycles. The lowest BCUT2D eigenvalue weighted by atomic mass is 9.92. The highest BCUT2D eigenvalue weighted by Gasteiger charge is 2.40. The van der Waals surface area contributed by atoms with E-state index in [4.69, 9.17) is 0 Å². The van der Waals surface area contributed by atoms with Crippen molar-refractivity contribution in [1.82, 2.24) is 14.8 Å². The van der Waals surface area contributed by atoms with Gasteiger partial charge in [0, 0.05) is 19.1 Å². The third kappa shape index (κ3) is 2.46. The molecule has 2 aliphatic rings. The van der Waals surface area contributed by atoms with Gasteiger partial charge in [-0.25, -0.2) is 9.37 Å². The lowest BCUT2D eigenvalue weighted by Crippen LogP contribution is -2.48. The van der Waals surface area contributed by atoms with Crippen LogP contribution in [0.2, 0.25) is 0 Å². The molecule has 1 amide bonds. The number of halogens is 2. The summed E-state index contributed by atoms with van der Waals surface area (Å²) < 4.78 is 14.3. The van der Waals surface area contributed by atoms with Crippen molar-refractivity contribution in [2.75, 3.05) is 26.7 Å². The van der Waals surface area contributed by atoms with Crippen molar-refractivity contribution in [3.63, 3.8) is 0 Å². The number of rotatable bonds is 1. The van der Waals surface area contributed by atoms with Crippen LogP contribution < -0.4 is 0 Å². The minimum atomic E-state index is -0.550. The minimum absolute atomic E-state index is 0.112. The summed E-state index contributed by atoms with van der Waals surface area (Å²) in [5, 5.41) is 0. The number of nitrogens with zero attached hydrogens (tertiary/aromatic N) is 3. The second-order valence-electron chi connectivity index (χ2n) is 5.65. The normalized spacial score (nSPS) is 26.6. The van der Waals surface area contributed by atoms with Crippen LogP contribution in [0.5, 0.6) is 0 Å². The Morgan fingerprint density at radius 1 is 1.45 bits per heavy atom. The summed E-state index contributed by atoms with van der Waals surface area (Å²) in [4.78, 5) is 20.5. The lowest BCUT2D eigenvalue weighted by molar-refractivity contribution is 0.0626. The molecule has 0 unspecified atom stereocenters. The molecule has 0 aliphatic carbocycles. The summed E-state index contributed by atoms with van der Waals surface area (Å²) in [6, 6.07) is 1.69. The summed E-state index contributed by atoms with van der Waals surface area (Å²) in [5.74, 6) is -0.206. The van der Waals surface area contributed by atoms with E-state index in [1.165, 1.54) is 6.07 Å². The van der Waals surface area contributed by atoms with Gasteiger partial charge in [-0.05, 0) is 54.3 Å². The van der Waals surface area contributed by atoms with Crippen LogP contribution in [0.15, 0.2) is 16.9 Å². The maximum absolute atomic E-state index is 13.8. The van der Waals surface area contributed by atoms with Crippen LogP contribution in [-0.2, 0) is 0 Å². The number of likely N-dealkylation sites (N-methyl/N-ethyl adjacent to an activating group) is 1. The monoisotopic (exact) mass is 341 g/mol. The van der Waals surface area contributed by atoms with Crippen LogP contribution in [0.25, 0.3) is 0 Å². The highest BCUT2D eigenvalue weighted by molar-refractivity contribution is 9.10. The Morgan fingerprint density at radius 3 is 3.00 bits per heavy atom. The molecule has 3 rings (SSSR count). The SMILES string of the molecule is CN1CC[C@@H]2CCN(C(=O)c3cc(Br)ncc3F)[C@@H]2C1. The molecule has 2 fully saturated rings. The quantitative estimate of drug-likeness (QED) is 0.734. The van der Waals surface area contributed by atoms with Crippen molar-refractivity contribution < 1.29 is 9.18 Å². The first-order valence-electron chi connectivity index (χ1n) is 6.87. The highest BCUT2D eigenvalue weighted by atomic mass is 79.9. The Kier molecular flexibility index (Phi) is 3.77. The van der Waals surface area contributed by atoms with E-state index in [-0.39, 0.29) is 17.5 Å². The number of carbonyl (C=O) groups excluding carboxylic acids is 1. The van der Waals surface area contributed by atoms with Gasteiger partial charge in [0.1, 0.15) is 4.60 Å². The number of fused-ring (bicyclic) bond motifs is 1. The fourth-order valence-electron chi connectivity index (χ4n) is 3.28. The molecule has 0 N–H and O–H groups in total. The Morgan fingerprint density at radius 2 is 2.20 bits per heavy atom. The molecule has 0 radical (unpaired) electrons. The Bertz CT molecular complexity index is 539. The molecule has 0 bridgehead atoms. The Labute approximate surface area is 126 Å². The molecule has 0 spiro atoms. The van der Waals surface area contributed by atoms with E-state index in [2.05, 4.69) is 32.9 Å². The van der Waals surface area contributed by atoms with E-state index in [9.17, 15) is 9.18 Å². The molecule has 2 saturated heterocycles. The molecule has 1 aromatic heterocycles. The van der Waals surface area contributed by atoms with Crippen molar-refractivity contribution >= 4 is 21.8 Å². The largest absolute Gasteiger partial charge is 0.334 e. The van der Waals surface area contributed by atoms with Crippen molar-refractivity contribution in [2.45, 2.75) is 18.9 Å². The zero-order valence-electron chi connectivity index (χ0n) is 11.4. The van der Waals surface area contributed by atoms with E-state index in [1.54, 1.807) is 0 Å². The molecule has 6 heteroatoms. The summed E-state index contributed by atoms with van der Waals surface area (Å²) in [5.41, 5.74) is 0.112. The number of aromatic nitrogens is 1. The minimum Gasteiger partial charge on any atom is -0.334 e. The second-order valence-corrected chi connectivity index (χ2v) is 6.46. The fraction of sp³-hybridized carbons (Fsp3) is 0.571. The van der Waals surface area contributed by atoms with E-state index < -0.39 is 5.82 Å². The van der Waals surface area contributed by atoms with Crippen LogP contribution in [0, 0.1) is 11.7 Å². The Hall–Kier alpha value is -1.01. The smallest absolute Gasteiger partial charge is 0.257 e. The molecule has 4 nitrogen and oxygen atoms in total. The van der Waals surface area contributed by atoms with Crippen LogP contribution in [-0.4, -0.2) is 53.4 Å². The van der Waals surface area contributed by atoms with Crippen LogP contribution in [0.3, 0.4) is 0 Å². The van der Waals surface area contributed by atoms with Gasteiger partial charge in [-0.2, -0.15) is 0 Å². The topological polar surface area (TPSA) is 36.4 Å². The summed E-state index contributed by atoms with van der Waals surface area (Å²) in [7, 11) is 2.07. The van der Waals surface area contributed by atoms with E-state index in [1.807, 2.05) is 4.90 Å². The van der Waals surface area contributed by atoms with Gasteiger partial charge in [0.05, 0.1) is 11.8 Å². The van der Waals surface area contributed by atoms with Gasteiger partial charge < -0.3 is 9.80 Å². The molecule has 2 atom stereocenters. The molecule has 0 aromatic carbocycles. The number of hydrogen-bond acceptors (Lipinski definition) is 3. The predicted octanol–water partition coefficient (Wildman–Crippen LogP) is 2.15. The number of carbonyl (C=O) groups is 1. The number of likely N-dealkylation sites (tertiary alicyclic amines) is 2. The number of amides is 1. The van der Waals surface area contributed by atoms with Crippen LogP contribution >= 0.6 is 15.9 Å². The maximum Gasteiger partial charge on any atom is 0.257 e. The standard InChI is InChI=1S/C14H17BrFN3O/c1-18-4-2-9-3-5-19(12(9)8-18)14(20)10-6-13(15)17-7-11(10)16/h6-7,9,12H,2-5,8H2,1H3/t9-,12-/m1/s1. The summed E-state index contributed by atoms with van der Waals surface area (Å²) in [6.07, 6.45) is 3.24. The molecule has 1 aromatic rings. The van der Waals surface area contributed by atoms with E-state index in [0.717, 1.165) is 38.7 Å². The van der Waals surface area contributed by atoms with Gasteiger partial charge in [-0.15, -0.1) is 0 Å². The third-order valence-corrected chi connectivity index (χ3v) is 4.81. The number of pyridine rings is 1. The zero-order chi connectivity index (χ0) is 14.3. The predicted molar refractivity (Wildman–Crippen MR) is 76.9 cm³/mol. The molecule has 2 aliphatic heterocycles. The van der Waals surface area contributed by atoms with Gasteiger partial charge in [0.15, 0.2) is 5.82 Å². The van der Waals surface area contributed by atoms with Crippen molar-refractivity contribution in [3.05, 3.63) is 28.2 Å². The van der Waals surface area contributed by atoms with Gasteiger partial charge in [0.2, 0.25) is 0 Å². The lowest BCUT2D eigenvalue weighted by Gasteiger charge is -2.36. The van der Waals surface area contributed by atoms with Crippen molar-refractivity contribution in [3.8, 4) is 0 Å². The van der Waals surface area contributed by atoms with Crippen LogP contribution in [0.4, 0.5) is 4.39 Å². The highest BCUT2D eigenvalue weighted by Crippen LogP contribution is 2.32. The average Bonchev–Trinajstić information content (AvgIpc) is 2.83. The van der Waals surface area contributed by atoms with Crippen molar-refractivity contribution in [1.29, 1.82) is 0 Å². The third-order valence-electron chi connectivity index (χ3n) is 4.38. The molecule has 20 heavy (non-hydrogen) atoms. The first-order chi connectivity index (χ1) is 9.56. The van der Waals surface area contributed by atoms with Gasteiger partial charge in [-0.3, -0.25) is 4.79 Å². The van der Waals surface area contributed by atoms with Gasteiger partial charge >= 0.3 is 0 Å². The first-order valence-corrected chi connectivity index (χ1v) is 7.66. The van der Waals surface area contributed by atoms with E-state index in [0.29, 0.717) is 10.5 Å². The number of hydrogen-bond donors (Lipinski definition) is 0. The molecule has 108 valence electrons. The van der Waals surface area contributed by atoms with Crippen molar-refractivity contribution in [2.24, 2.45) is 5.92 Å². The van der Waals surface area contributed by atoms with Gasteiger partial charge in [-0.1, -0.05) is 0 Å². The Balaban J connectivity index is 1.85. The summed E-state index contributed by atoms with van der Waals surface area (Å²) >= 11 is 3.19. The zero-order valence-corrected chi connectivity index (χ0v) is 12.9. The fourth-order valence-corrected chi connectivity index (χ4v) is 3.61. The molecular weight excluding hydrogens is 325 g/mol. The molecule has 0 saturated carbocycles. The second kappa shape index (κ2) is 5.41.